The number of amides is 3. The van der Waals surface area contributed by atoms with Crippen LogP contribution >= 0.6 is 0 Å². The van der Waals surface area contributed by atoms with E-state index in [1.807, 2.05) is 6.92 Å². The van der Waals surface area contributed by atoms with Gasteiger partial charge in [-0.3, -0.25) is 28.9 Å². The predicted molar refractivity (Wildman–Crippen MR) is 147 cm³/mol. The molecule has 1 aromatic carbocycles. The van der Waals surface area contributed by atoms with Crippen LogP contribution in [0, 0.1) is 0 Å². The fourth-order valence-corrected chi connectivity index (χ4v) is 4.92. The first-order valence-corrected chi connectivity index (χ1v) is 14.1. The van der Waals surface area contributed by atoms with E-state index in [9.17, 15) is 28.8 Å². The van der Waals surface area contributed by atoms with Crippen LogP contribution < -0.4 is 5.32 Å². The number of carbonyl (C=O) groups is 6. The lowest BCUT2D eigenvalue weighted by molar-refractivity contribution is -0.248. The van der Waals surface area contributed by atoms with Crippen molar-refractivity contribution in [2.45, 2.75) is 78.0 Å². The van der Waals surface area contributed by atoms with Gasteiger partial charge in [-0.15, -0.1) is 0 Å². The third-order valence-corrected chi connectivity index (χ3v) is 6.73. The van der Waals surface area contributed by atoms with Crippen molar-refractivity contribution in [2.75, 3.05) is 32.9 Å². The largest absolute Gasteiger partial charge is 0.463 e. The third kappa shape index (κ3) is 8.29. The summed E-state index contributed by atoms with van der Waals surface area (Å²) in [5.41, 5.74) is 0.261. The zero-order valence-corrected chi connectivity index (χ0v) is 24.9. The molecule has 14 heteroatoms. The number of imide groups is 1. The summed E-state index contributed by atoms with van der Waals surface area (Å²) in [5, 5.41) is 2.61. The average Bonchev–Trinajstić information content (AvgIpc) is 3.19. The molecule has 1 N–H and O–H groups in total. The fourth-order valence-electron chi connectivity index (χ4n) is 4.92. The Hall–Kier alpha value is -4.04. The molecule has 14 nitrogen and oxygen atoms in total. The Kier molecular flexibility index (Phi) is 12.0. The molecule has 0 aromatic heterocycles. The van der Waals surface area contributed by atoms with Gasteiger partial charge in [-0.25, -0.2) is 4.79 Å². The van der Waals surface area contributed by atoms with E-state index < -0.39 is 72.9 Å². The lowest BCUT2D eigenvalue weighted by atomic mass is 9.87. The van der Waals surface area contributed by atoms with Crippen molar-refractivity contribution in [3.63, 3.8) is 0 Å². The molecule has 43 heavy (non-hydrogen) atoms. The highest BCUT2D eigenvalue weighted by Crippen LogP contribution is 2.41. The van der Waals surface area contributed by atoms with Gasteiger partial charge in [0.2, 0.25) is 0 Å². The smallest absolute Gasteiger partial charge is 0.407 e. The van der Waals surface area contributed by atoms with E-state index in [4.69, 9.17) is 28.4 Å². The van der Waals surface area contributed by atoms with Crippen molar-refractivity contribution in [1.82, 2.24) is 10.2 Å². The van der Waals surface area contributed by atoms with Crippen LogP contribution in [-0.4, -0.2) is 98.0 Å². The van der Waals surface area contributed by atoms with Gasteiger partial charge in [0.25, 0.3) is 11.8 Å². The molecule has 2 aliphatic heterocycles. The minimum Gasteiger partial charge on any atom is -0.463 e. The van der Waals surface area contributed by atoms with Gasteiger partial charge in [0.05, 0.1) is 24.3 Å². The number of unbranched alkanes of at least 4 members (excludes halogenated alkanes) is 1. The lowest BCUT2D eigenvalue weighted by Crippen LogP contribution is -2.60. The number of carbonyl (C=O) groups excluding carboxylic acids is 6. The number of nitrogens with zero attached hydrogens (tertiary/aromatic N) is 1. The summed E-state index contributed by atoms with van der Waals surface area (Å²) in [6, 6.07) is 4.54. The molecule has 1 saturated heterocycles. The molecule has 0 aliphatic carbocycles. The van der Waals surface area contributed by atoms with Crippen LogP contribution in [0.5, 0.6) is 0 Å². The summed E-state index contributed by atoms with van der Waals surface area (Å²) in [5.74, 6) is -3.38. The van der Waals surface area contributed by atoms with Gasteiger partial charge in [-0.05, 0) is 25.0 Å². The number of alkyl carbamates (subject to hydrolysis) is 1. The van der Waals surface area contributed by atoms with Gasteiger partial charge in [0, 0.05) is 33.9 Å². The molecular weight excluding hydrogens is 568 g/mol. The molecule has 0 saturated carbocycles. The van der Waals surface area contributed by atoms with Crippen molar-refractivity contribution in [3.8, 4) is 0 Å². The predicted octanol–water partition coefficient (Wildman–Crippen LogP) is 2.08. The number of nitrogens with one attached hydrogen (secondary N) is 1. The van der Waals surface area contributed by atoms with Gasteiger partial charge in [-0.2, -0.15) is 0 Å². The first kappa shape index (κ1) is 33.5. The van der Waals surface area contributed by atoms with Crippen LogP contribution in [0.1, 0.15) is 79.8 Å². The van der Waals surface area contributed by atoms with Gasteiger partial charge >= 0.3 is 24.0 Å². The quantitative estimate of drug-likeness (QED) is 0.150. The van der Waals surface area contributed by atoms with Gasteiger partial charge in [0.15, 0.2) is 18.3 Å². The average molecular weight is 607 g/mol. The standard InChI is InChI=1S/C29H38N2O12/c1-6-8-12-30-29(37)43-25-23(19-10-9-11-20-22(19)28(36)31(27(20)35)13-14-38-7-2)42-21(15-39-16(3)32)24(40-17(4)33)26(25)41-18(5)34/h9-11,21,23-26H,6-8,12-15H2,1-5H3,(H,30,37)/t21-,23-,24-,25-,26+/m1/s1. The number of fused-ring (bicyclic) bond motifs is 1. The van der Waals surface area contributed by atoms with Crippen LogP contribution in [0.3, 0.4) is 0 Å². The van der Waals surface area contributed by atoms with E-state index in [2.05, 4.69) is 5.32 Å². The van der Waals surface area contributed by atoms with Crippen LogP contribution in [0.2, 0.25) is 0 Å². The molecule has 3 amide bonds. The summed E-state index contributed by atoms with van der Waals surface area (Å²) in [4.78, 5) is 76.8. The molecule has 2 heterocycles. The maximum Gasteiger partial charge on any atom is 0.407 e. The Morgan fingerprint density at radius 3 is 2.23 bits per heavy atom. The van der Waals surface area contributed by atoms with E-state index in [-0.39, 0.29) is 36.4 Å². The molecule has 0 spiro atoms. The molecule has 1 fully saturated rings. The Morgan fingerprint density at radius 2 is 1.60 bits per heavy atom. The molecular formula is C29H38N2O12. The number of hydrogen-bond acceptors (Lipinski definition) is 12. The molecule has 3 rings (SSSR count). The summed E-state index contributed by atoms with van der Waals surface area (Å²) >= 11 is 0. The number of ether oxygens (including phenoxy) is 6. The molecule has 0 radical (unpaired) electrons. The van der Waals surface area contributed by atoms with E-state index in [1.54, 1.807) is 6.92 Å². The van der Waals surface area contributed by atoms with E-state index in [1.165, 1.54) is 25.1 Å². The zero-order valence-electron chi connectivity index (χ0n) is 24.9. The van der Waals surface area contributed by atoms with Crippen LogP contribution in [0.25, 0.3) is 0 Å². The minimum atomic E-state index is -1.46. The minimum absolute atomic E-state index is 0.00455. The number of rotatable bonds is 13. The molecule has 0 unspecified atom stereocenters. The second kappa shape index (κ2) is 15.4. The van der Waals surface area contributed by atoms with Crippen molar-refractivity contribution in [2.24, 2.45) is 0 Å². The third-order valence-electron chi connectivity index (χ3n) is 6.73. The molecule has 1 aromatic rings. The van der Waals surface area contributed by atoms with Crippen molar-refractivity contribution in [1.29, 1.82) is 0 Å². The summed E-state index contributed by atoms with van der Waals surface area (Å²) < 4.78 is 33.5. The second-order valence-corrected chi connectivity index (χ2v) is 9.92. The SMILES string of the molecule is CCCCNC(=O)O[C@H]1[C@@H](OC(C)=O)[C@H](OC(C)=O)[C@@H](COC(C)=O)O[C@@H]1c1cccc2c1C(=O)N(CCOCC)C2=O. The highest BCUT2D eigenvalue weighted by Gasteiger charge is 2.54. The highest BCUT2D eigenvalue weighted by molar-refractivity contribution is 6.22. The van der Waals surface area contributed by atoms with Crippen molar-refractivity contribution >= 4 is 35.8 Å². The molecule has 236 valence electrons. The Balaban J connectivity index is 2.13. The first-order chi connectivity index (χ1) is 20.5. The van der Waals surface area contributed by atoms with Crippen LogP contribution in [-0.2, 0) is 42.8 Å². The molecule has 0 bridgehead atoms. The topological polar surface area (TPSA) is 173 Å². The number of esters is 3. The maximum absolute atomic E-state index is 13.6. The molecule has 5 atom stereocenters. The second-order valence-electron chi connectivity index (χ2n) is 9.92. The van der Waals surface area contributed by atoms with Crippen LogP contribution in [0.15, 0.2) is 18.2 Å². The Labute approximate surface area is 249 Å². The number of benzene rings is 1. The van der Waals surface area contributed by atoms with Crippen molar-refractivity contribution in [3.05, 3.63) is 34.9 Å². The number of hydrogen-bond donors (Lipinski definition) is 1. The van der Waals surface area contributed by atoms with Gasteiger partial charge in [-0.1, -0.05) is 25.5 Å². The zero-order chi connectivity index (χ0) is 31.7. The van der Waals surface area contributed by atoms with Gasteiger partial charge < -0.3 is 33.7 Å². The van der Waals surface area contributed by atoms with Crippen molar-refractivity contribution < 1.29 is 57.2 Å². The monoisotopic (exact) mass is 606 g/mol. The fraction of sp³-hybridized carbons (Fsp3) is 0.586. The highest BCUT2D eigenvalue weighted by atomic mass is 16.7. The maximum atomic E-state index is 13.6. The van der Waals surface area contributed by atoms with Gasteiger partial charge in [0.1, 0.15) is 18.8 Å². The summed E-state index contributed by atoms with van der Waals surface area (Å²) in [7, 11) is 0. The Morgan fingerprint density at radius 1 is 0.907 bits per heavy atom. The molecule has 2 aliphatic rings. The first-order valence-electron chi connectivity index (χ1n) is 14.1. The van der Waals surface area contributed by atoms with E-state index in [0.717, 1.165) is 25.2 Å². The van der Waals surface area contributed by atoms with E-state index in [0.29, 0.717) is 13.0 Å². The summed E-state index contributed by atoms with van der Waals surface area (Å²) in [6.07, 6.45) is -6.25. The van der Waals surface area contributed by atoms with E-state index >= 15 is 0 Å². The normalized spacial score (nSPS) is 22.9. The summed E-state index contributed by atoms with van der Waals surface area (Å²) in [6.45, 7) is 7.52. The lowest BCUT2D eigenvalue weighted by Gasteiger charge is -2.44. The van der Waals surface area contributed by atoms with Crippen LogP contribution in [0.4, 0.5) is 4.79 Å². The Bertz CT molecular complexity index is 1220.